The van der Waals surface area contributed by atoms with Gasteiger partial charge in [-0.05, 0) is 25.1 Å². The number of benzene rings is 1. The van der Waals surface area contributed by atoms with Crippen LogP contribution in [0.25, 0.3) is 23.1 Å². The van der Waals surface area contributed by atoms with Crippen molar-refractivity contribution < 1.29 is 0 Å². The topological polar surface area (TPSA) is 4.93 Å². The first-order chi connectivity index (χ1) is 7.19. The molecule has 1 nitrogen and oxygen atoms in total. The van der Waals surface area contributed by atoms with Crippen LogP contribution in [0.5, 0.6) is 0 Å². The summed E-state index contributed by atoms with van der Waals surface area (Å²) in [6.07, 6.45) is 3.78. The molecule has 0 bridgehead atoms. The number of hydrogen-bond acceptors (Lipinski definition) is 0. The summed E-state index contributed by atoms with van der Waals surface area (Å²) in [6, 6.07) is 6.46. The molecule has 1 heterocycles. The van der Waals surface area contributed by atoms with Crippen molar-refractivity contribution in [1.29, 1.82) is 0 Å². The van der Waals surface area contributed by atoms with Gasteiger partial charge in [0.2, 0.25) is 0 Å². The highest BCUT2D eigenvalue weighted by Gasteiger charge is 2.09. The summed E-state index contributed by atoms with van der Waals surface area (Å²) in [7, 11) is 2.06. The molecule has 0 unspecified atom stereocenters. The molecular formula is C14H15N. The number of rotatable bonds is 2. The summed E-state index contributed by atoms with van der Waals surface area (Å²) in [5, 5.41) is 1.25. The number of nitrogens with zero attached hydrogens (tertiary/aromatic N) is 1. The zero-order chi connectivity index (χ0) is 11.0. The minimum atomic E-state index is 1.13. The quantitative estimate of drug-likeness (QED) is 0.690. The van der Waals surface area contributed by atoms with E-state index in [9.17, 15) is 0 Å². The Morgan fingerprint density at radius 2 is 1.93 bits per heavy atom. The molecule has 0 fully saturated rings. The summed E-state index contributed by atoms with van der Waals surface area (Å²) >= 11 is 0. The highest BCUT2D eigenvalue weighted by atomic mass is 14.9. The van der Waals surface area contributed by atoms with Crippen LogP contribution in [0.2, 0.25) is 0 Å². The van der Waals surface area contributed by atoms with E-state index in [0.717, 1.165) is 5.69 Å². The smallest absolute Gasteiger partial charge is 0.0488 e. The van der Waals surface area contributed by atoms with Crippen molar-refractivity contribution in [2.45, 2.75) is 6.92 Å². The molecule has 1 heteroatoms. The Labute approximate surface area is 90.3 Å². The van der Waals surface area contributed by atoms with Gasteiger partial charge in [0.15, 0.2) is 0 Å². The summed E-state index contributed by atoms with van der Waals surface area (Å²) < 4.78 is 2.15. The van der Waals surface area contributed by atoms with Crippen LogP contribution in [0.4, 0.5) is 0 Å². The van der Waals surface area contributed by atoms with Crippen molar-refractivity contribution in [1.82, 2.24) is 4.57 Å². The average Bonchev–Trinajstić information content (AvgIpc) is 2.50. The Hall–Kier alpha value is -1.76. The third-order valence-electron chi connectivity index (χ3n) is 2.84. The largest absolute Gasteiger partial charge is 0.344 e. The van der Waals surface area contributed by atoms with Crippen molar-refractivity contribution in [2.75, 3.05) is 0 Å². The Morgan fingerprint density at radius 3 is 2.53 bits per heavy atom. The van der Waals surface area contributed by atoms with Crippen LogP contribution in [-0.4, -0.2) is 4.57 Å². The second kappa shape index (κ2) is 3.43. The van der Waals surface area contributed by atoms with Crippen molar-refractivity contribution in [2.24, 2.45) is 7.05 Å². The first-order valence-electron chi connectivity index (χ1n) is 5.03. The van der Waals surface area contributed by atoms with Gasteiger partial charge in [-0.1, -0.05) is 30.9 Å². The van der Waals surface area contributed by atoms with Crippen LogP contribution in [0, 0.1) is 6.92 Å². The zero-order valence-corrected chi connectivity index (χ0v) is 9.25. The summed E-state index contributed by atoms with van der Waals surface area (Å²) in [5.41, 5.74) is 4.80. The summed E-state index contributed by atoms with van der Waals surface area (Å²) in [6.45, 7) is 9.83. The summed E-state index contributed by atoms with van der Waals surface area (Å²) in [5.74, 6) is 0. The van der Waals surface area contributed by atoms with Crippen molar-refractivity contribution in [3.05, 3.63) is 48.2 Å². The van der Waals surface area contributed by atoms with E-state index in [0.29, 0.717) is 0 Å². The fraction of sp³-hybridized carbons (Fsp3) is 0.143. The first kappa shape index (κ1) is 9.78. The zero-order valence-electron chi connectivity index (χ0n) is 9.25. The average molecular weight is 197 g/mol. The van der Waals surface area contributed by atoms with Crippen LogP contribution in [0.15, 0.2) is 31.4 Å². The molecule has 0 aliphatic carbocycles. The highest BCUT2D eigenvalue weighted by Crippen LogP contribution is 2.27. The van der Waals surface area contributed by atoms with E-state index in [4.69, 9.17) is 0 Å². The van der Waals surface area contributed by atoms with Gasteiger partial charge < -0.3 is 4.57 Å². The van der Waals surface area contributed by atoms with E-state index in [1.54, 1.807) is 0 Å². The lowest BCUT2D eigenvalue weighted by molar-refractivity contribution is 0.953. The fourth-order valence-corrected chi connectivity index (χ4v) is 2.07. The fourth-order valence-electron chi connectivity index (χ4n) is 2.07. The van der Waals surface area contributed by atoms with E-state index < -0.39 is 0 Å². The molecule has 0 radical (unpaired) electrons. The van der Waals surface area contributed by atoms with Crippen molar-refractivity contribution in [3.8, 4) is 0 Å². The normalized spacial score (nSPS) is 10.5. The number of hydrogen-bond donors (Lipinski definition) is 0. The molecule has 1 aromatic heterocycles. The Balaban J connectivity index is 2.97. The minimum absolute atomic E-state index is 1.13. The predicted octanol–water partition coefficient (Wildman–Crippen LogP) is 3.77. The molecule has 0 saturated carbocycles. The van der Waals surface area contributed by atoms with Gasteiger partial charge in [0, 0.05) is 29.2 Å². The van der Waals surface area contributed by atoms with Crippen LogP contribution in [0.1, 0.15) is 16.8 Å². The molecule has 76 valence electrons. The maximum atomic E-state index is 3.87. The van der Waals surface area contributed by atoms with E-state index in [1.807, 2.05) is 12.2 Å². The number of fused-ring (bicyclic) bond motifs is 1. The number of aromatic nitrogens is 1. The van der Waals surface area contributed by atoms with Gasteiger partial charge >= 0.3 is 0 Å². The van der Waals surface area contributed by atoms with Gasteiger partial charge in [-0.2, -0.15) is 0 Å². The molecular weight excluding hydrogens is 182 g/mol. The molecule has 2 aromatic rings. The number of aryl methyl sites for hydroxylation is 2. The van der Waals surface area contributed by atoms with Crippen LogP contribution in [-0.2, 0) is 7.05 Å². The first-order valence-corrected chi connectivity index (χ1v) is 5.03. The van der Waals surface area contributed by atoms with Crippen molar-refractivity contribution in [3.63, 3.8) is 0 Å². The van der Waals surface area contributed by atoms with Gasteiger partial charge in [0.25, 0.3) is 0 Å². The van der Waals surface area contributed by atoms with E-state index in [1.165, 1.54) is 22.0 Å². The summed E-state index contributed by atoms with van der Waals surface area (Å²) in [4.78, 5) is 0. The SMILES string of the molecule is C=Cc1c(C=C)n(C)c2ccc(C)cc12. The highest BCUT2D eigenvalue weighted by molar-refractivity contribution is 5.93. The minimum Gasteiger partial charge on any atom is -0.344 e. The molecule has 0 spiro atoms. The third-order valence-corrected chi connectivity index (χ3v) is 2.84. The van der Waals surface area contributed by atoms with Crippen LogP contribution < -0.4 is 0 Å². The standard InChI is InChI=1S/C14H15N/c1-5-11-12-9-10(3)7-8-14(12)15(4)13(11)6-2/h5-9H,1-2H2,3-4H3. The maximum Gasteiger partial charge on any atom is 0.0488 e. The predicted molar refractivity (Wildman–Crippen MR) is 67.8 cm³/mol. The molecule has 1 aromatic carbocycles. The molecule has 0 atom stereocenters. The van der Waals surface area contributed by atoms with Crippen LogP contribution >= 0.6 is 0 Å². The van der Waals surface area contributed by atoms with Gasteiger partial charge in [0.1, 0.15) is 0 Å². The molecule has 0 aliphatic rings. The Morgan fingerprint density at radius 1 is 1.20 bits per heavy atom. The molecule has 15 heavy (non-hydrogen) atoms. The Bertz CT molecular complexity index is 544. The van der Waals surface area contributed by atoms with Crippen LogP contribution in [0.3, 0.4) is 0 Å². The molecule has 0 N–H and O–H groups in total. The second-order valence-corrected chi connectivity index (χ2v) is 3.79. The lowest BCUT2D eigenvalue weighted by Crippen LogP contribution is -1.90. The monoisotopic (exact) mass is 197 g/mol. The molecule has 2 rings (SSSR count). The van der Waals surface area contributed by atoms with Gasteiger partial charge in [-0.3, -0.25) is 0 Å². The van der Waals surface area contributed by atoms with E-state index in [-0.39, 0.29) is 0 Å². The lowest BCUT2D eigenvalue weighted by Gasteiger charge is -1.98. The Kier molecular flexibility index (Phi) is 2.24. The molecule has 0 saturated heterocycles. The lowest BCUT2D eigenvalue weighted by atomic mass is 10.1. The van der Waals surface area contributed by atoms with Crippen molar-refractivity contribution >= 4 is 23.1 Å². The maximum absolute atomic E-state index is 3.87. The van der Waals surface area contributed by atoms with E-state index in [2.05, 4.69) is 49.9 Å². The van der Waals surface area contributed by atoms with Gasteiger partial charge in [0.05, 0.1) is 0 Å². The molecule has 0 aliphatic heterocycles. The van der Waals surface area contributed by atoms with Gasteiger partial charge in [-0.15, -0.1) is 0 Å². The van der Waals surface area contributed by atoms with E-state index >= 15 is 0 Å². The van der Waals surface area contributed by atoms with Gasteiger partial charge in [-0.25, -0.2) is 0 Å². The molecule has 0 amide bonds. The third kappa shape index (κ3) is 1.32. The second-order valence-electron chi connectivity index (χ2n) is 3.79.